The molecule has 0 aliphatic heterocycles. The SMILES string of the molecule is NC(=O)Cc1cc([N+](=O)[O-])ccn1. The number of nitrogens with two attached hydrogens (primary N) is 1. The van der Waals surface area contributed by atoms with Crippen molar-refractivity contribution in [3.05, 3.63) is 34.1 Å². The van der Waals surface area contributed by atoms with Crippen LogP contribution in [0.5, 0.6) is 0 Å². The van der Waals surface area contributed by atoms with E-state index < -0.39 is 10.8 Å². The Bertz CT molecular complexity index is 351. The lowest BCUT2D eigenvalue weighted by Gasteiger charge is -1.95. The molecule has 0 saturated heterocycles. The predicted molar refractivity (Wildman–Crippen MR) is 43.8 cm³/mol. The Hall–Kier alpha value is -1.98. The van der Waals surface area contributed by atoms with Crippen molar-refractivity contribution in [2.45, 2.75) is 6.42 Å². The Kier molecular flexibility index (Phi) is 2.53. The van der Waals surface area contributed by atoms with Crippen molar-refractivity contribution in [2.24, 2.45) is 5.73 Å². The molecule has 1 aromatic rings. The van der Waals surface area contributed by atoms with Gasteiger partial charge in [0.15, 0.2) is 0 Å². The van der Waals surface area contributed by atoms with Gasteiger partial charge in [0, 0.05) is 18.3 Å². The number of hydrogen-bond acceptors (Lipinski definition) is 4. The van der Waals surface area contributed by atoms with Crippen molar-refractivity contribution in [3.8, 4) is 0 Å². The molecule has 0 radical (unpaired) electrons. The number of carbonyl (C=O) groups excluding carboxylic acids is 1. The molecule has 6 nitrogen and oxygen atoms in total. The highest BCUT2D eigenvalue weighted by molar-refractivity contribution is 5.76. The fourth-order valence-corrected chi connectivity index (χ4v) is 0.854. The molecule has 0 unspecified atom stereocenters. The quantitative estimate of drug-likeness (QED) is 0.524. The maximum Gasteiger partial charge on any atom is 0.272 e. The van der Waals surface area contributed by atoms with Crippen molar-refractivity contribution < 1.29 is 9.72 Å². The van der Waals surface area contributed by atoms with Gasteiger partial charge in [-0.2, -0.15) is 0 Å². The predicted octanol–water partition coefficient (Wildman–Crippen LogP) is 0.0176. The Morgan fingerprint density at radius 2 is 2.38 bits per heavy atom. The van der Waals surface area contributed by atoms with Crippen LogP contribution >= 0.6 is 0 Å². The van der Waals surface area contributed by atoms with E-state index in [1.165, 1.54) is 18.3 Å². The van der Waals surface area contributed by atoms with E-state index in [0.717, 1.165) is 0 Å². The zero-order valence-corrected chi connectivity index (χ0v) is 6.64. The number of amides is 1. The molecule has 0 saturated carbocycles. The Morgan fingerprint density at radius 1 is 1.69 bits per heavy atom. The smallest absolute Gasteiger partial charge is 0.272 e. The summed E-state index contributed by atoms with van der Waals surface area (Å²) in [4.78, 5) is 24.0. The van der Waals surface area contributed by atoms with E-state index in [4.69, 9.17) is 5.73 Å². The zero-order chi connectivity index (χ0) is 9.84. The van der Waals surface area contributed by atoms with E-state index >= 15 is 0 Å². The van der Waals surface area contributed by atoms with Crippen LogP contribution in [0.15, 0.2) is 18.3 Å². The lowest BCUT2D eigenvalue weighted by Crippen LogP contribution is -2.14. The first kappa shape index (κ1) is 9.11. The van der Waals surface area contributed by atoms with Crippen molar-refractivity contribution in [1.29, 1.82) is 0 Å². The van der Waals surface area contributed by atoms with Crippen LogP contribution in [0, 0.1) is 10.1 Å². The van der Waals surface area contributed by atoms with Gasteiger partial charge in [0.2, 0.25) is 5.91 Å². The van der Waals surface area contributed by atoms with Gasteiger partial charge in [0.25, 0.3) is 5.69 Å². The van der Waals surface area contributed by atoms with Gasteiger partial charge in [-0.25, -0.2) is 0 Å². The highest BCUT2D eigenvalue weighted by Gasteiger charge is 2.07. The third-order valence-corrected chi connectivity index (χ3v) is 1.37. The van der Waals surface area contributed by atoms with Crippen LogP contribution in [0.4, 0.5) is 5.69 Å². The lowest BCUT2D eigenvalue weighted by atomic mass is 10.2. The van der Waals surface area contributed by atoms with Gasteiger partial charge in [0.1, 0.15) is 0 Å². The van der Waals surface area contributed by atoms with Crippen LogP contribution in [-0.4, -0.2) is 15.8 Å². The minimum atomic E-state index is -0.562. The van der Waals surface area contributed by atoms with Crippen LogP contribution in [0.1, 0.15) is 5.69 Å². The first-order chi connectivity index (χ1) is 6.09. The minimum absolute atomic E-state index is 0.0817. The molecule has 0 atom stereocenters. The second-order valence-corrected chi connectivity index (χ2v) is 2.41. The summed E-state index contributed by atoms with van der Waals surface area (Å²) in [6, 6.07) is 2.48. The molecule has 1 amide bonds. The summed E-state index contributed by atoms with van der Waals surface area (Å²) in [7, 11) is 0. The highest BCUT2D eigenvalue weighted by Crippen LogP contribution is 2.10. The molecular weight excluding hydrogens is 174 g/mol. The van der Waals surface area contributed by atoms with Crippen LogP contribution in [-0.2, 0) is 11.2 Å². The zero-order valence-electron chi connectivity index (χ0n) is 6.64. The summed E-state index contributed by atoms with van der Waals surface area (Å²) in [6.07, 6.45) is 1.19. The molecule has 0 aliphatic carbocycles. The van der Waals surface area contributed by atoms with Crippen LogP contribution in [0.2, 0.25) is 0 Å². The molecule has 0 aromatic carbocycles. The van der Waals surface area contributed by atoms with Crippen molar-refractivity contribution in [3.63, 3.8) is 0 Å². The number of pyridine rings is 1. The van der Waals surface area contributed by atoms with E-state index in [2.05, 4.69) is 4.98 Å². The van der Waals surface area contributed by atoms with E-state index in [0.29, 0.717) is 5.69 Å². The molecule has 0 aliphatic rings. The van der Waals surface area contributed by atoms with Gasteiger partial charge in [0.05, 0.1) is 17.0 Å². The second kappa shape index (κ2) is 3.61. The molecule has 2 N–H and O–H groups in total. The molecule has 0 bridgehead atoms. The lowest BCUT2D eigenvalue weighted by molar-refractivity contribution is -0.385. The molecule has 1 rings (SSSR count). The van der Waals surface area contributed by atoms with Crippen molar-refractivity contribution in [2.75, 3.05) is 0 Å². The van der Waals surface area contributed by atoms with Gasteiger partial charge in [-0.3, -0.25) is 19.9 Å². The molecular formula is C7H7N3O3. The largest absolute Gasteiger partial charge is 0.369 e. The third kappa shape index (κ3) is 2.51. The third-order valence-electron chi connectivity index (χ3n) is 1.37. The standard InChI is InChI=1S/C7H7N3O3/c8-7(11)4-5-3-6(10(12)13)1-2-9-5/h1-3H,4H2,(H2,8,11). The molecule has 1 aromatic heterocycles. The molecule has 68 valence electrons. The monoisotopic (exact) mass is 181 g/mol. The molecule has 0 fully saturated rings. The van der Waals surface area contributed by atoms with Gasteiger partial charge in [-0.1, -0.05) is 0 Å². The first-order valence-corrected chi connectivity index (χ1v) is 3.47. The summed E-state index contributed by atoms with van der Waals surface area (Å²) in [6.45, 7) is 0. The molecule has 0 spiro atoms. The summed E-state index contributed by atoms with van der Waals surface area (Å²) in [5, 5.41) is 10.3. The first-order valence-electron chi connectivity index (χ1n) is 3.47. The summed E-state index contributed by atoms with van der Waals surface area (Å²) in [5.41, 5.74) is 5.12. The molecule has 1 heterocycles. The molecule has 13 heavy (non-hydrogen) atoms. The Morgan fingerprint density at radius 3 is 2.92 bits per heavy atom. The van der Waals surface area contributed by atoms with Crippen LogP contribution in [0.25, 0.3) is 0 Å². The fraction of sp³-hybridized carbons (Fsp3) is 0.143. The van der Waals surface area contributed by atoms with Gasteiger partial charge < -0.3 is 5.73 Å². The number of nitro groups is 1. The maximum atomic E-state index is 10.5. The van der Waals surface area contributed by atoms with Crippen molar-refractivity contribution in [1.82, 2.24) is 4.98 Å². The van der Waals surface area contributed by atoms with Gasteiger partial charge in [-0.15, -0.1) is 0 Å². The number of carbonyl (C=O) groups is 1. The summed E-state index contributed by atoms with van der Waals surface area (Å²) < 4.78 is 0. The van der Waals surface area contributed by atoms with Crippen molar-refractivity contribution >= 4 is 11.6 Å². The molecule has 6 heteroatoms. The fourth-order valence-electron chi connectivity index (χ4n) is 0.854. The number of primary amides is 1. The van der Waals surface area contributed by atoms with E-state index in [1.54, 1.807) is 0 Å². The average Bonchev–Trinajstić information content (AvgIpc) is 2.03. The van der Waals surface area contributed by atoms with E-state index in [1.807, 2.05) is 0 Å². The summed E-state index contributed by atoms with van der Waals surface area (Å²) >= 11 is 0. The minimum Gasteiger partial charge on any atom is -0.369 e. The highest BCUT2D eigenvalue weighted by atomic mass is 16.6. The topological polar surface area (TPSA) is 99.1 Å². The number of aromatic nitrogens is 1. The normalized spacial score (nSPS) is 9.54. The van der Waals surface area contributed by atoms with Crippen LogP contribution < -0.4 is 5.73 Å². The van der Waals surface area contributed by atoms with E-state index in [-0.39, 0.29) is 12.1 Å². The van der Waals surface area contributed by atoms with Gasteiger partial charge >= 0.3 is 0 Å². The van der Waals surface area contributed by atoms with Crippen LogP contribution in [0.3, 0.4) is 0 Å². The second-order valence-electron chi connectivity index (χ2n) is 2.41. The Balaban J connectivity index is 2.91. The Labute approximate surface area is 73.5 Å². The van der Waals surface area contributed by atoms with Gasteiger partial charge in [-0.05, 0) is 0 Å². The number of rotatable bonds is 3. The maximum absolute atomic E-state index is 10.5. The summed E-state index contributed by atoms with van der Waals surface area (Å²) in [5.74, 6) is -0.562. The van der Waals surface area contributed by atoms with E-state index in [9.17, 15) is 14.9 Å². The number of hydrogen-bond donors (Lipinski definition) is 1. The average molecular weight is 181 g/mol. The number of nitrogens with zero attached hydrogens (tertiary/aromatic N) is 2.